The molecule has 2 nitrogen and oxygen atoms in total. The Hall–Kier alpha value is -8.76. The maximum Gasteiger partial charge on any atom is 0.0547 e. The van der Waals surface area contributed by atoms with Crippen LogP contribution in [0, 0.1) is 0 Å². The Balaban J connectivity index is 0.976. The molecule has 0 saturated heterocycles. The maximum absolute atomic E-state index is 2.42. The van der Waals surface area contributed by atoms with Crippen LogP contribution in [0.15, 0.2) is 267 Å². The van der Waals surface area contributed by atoms with Gasteiger partial charge >= 0.3 is 0 Å². The van der Waals surface area contributed by atoms with E-state index >= 15 is 0 Å². The van der Waals surface area contributed by atoms with Crippen LogP contribution in [0.5, 0.6) is 0 Å². The Kier molecular flexibility index (Phi) is 10.1. The lowest BCUT2D eigenvalue weighted by Crippen LogP contribution is -2.09. The molecular weight excluding hydrogens is 853 g/mol. The highest BCUT2D eigenvalue weighted by Crippen LogP contribution is 2.45. The summed E-state index contributed by atoms with van der Waals surface area (Å²) in [5, 5.41) is 5.10. The fourth-order valence-electron chi connectivity index (χ4n) is 10.4. The fourth-order valence-corrected chi connectivity index (χ4v) is 11.5. The maximum atomic E-state index is 2.42. The molecule has 0 bridgehead atoms. The van der Waals surface area contributed by atoms with Gasteiger partial charge in [0.05, 0.1) is 11.0 Å². The van der Waals surface area contributed by atoms with Gasteiger partial charge in [0.2, 0.25) is 0 Å². The molecule has 324 valence electrons. The third-order valence-electron chi connectivity index (χ3n) is 13.6. The second kappa shape index (κ2) is 17.2. The van der Waals surface area contributed by atoms with E-state index in [1.807, 2.05) is 11.3 Å². The van der Waals surface area contributed by atoms with Crippen LogP contribution < -0.4 is 4.90 Å². The van der Waals surface area contributed by atoms with Crippen LogP contribution in [0.2, 0.25) is 0 Å². The van der Waals surface area contributed by atoms with Crippen molar-refractivity contribution in [1.82, 2.24) is 4.57 Å². The third kappa shape index (κ3) is 7.28. The smallest absolute Gasteiger partial charge is 0.0547 e. The molecule has 69 heavy (non-hydrogen) atoms. The molecule has 0 aliphatic carbocycles. The first-order chi connectivity index (χ1) is 34.2. The number of aromatic nitrogens is 1. The lowest BCUT2D eigenvalue weighted by atomic mass is 9.90. The van der Waals surface area contributed by atoms with Crippen molar-refractivity contribution in [3.63, 3.8) is 0 Å². The summed E-state index contributed by atoms with van der Waals surface area (Å²) in [5.74, 6) is 0. The molecule has 0 unspecified atom stereocenters. The van der Waals surface area contributed by atoms with Gasteiger partial charge in [-0.2, -0.15) is 0 Å². The van der Waals surface area contributed by atoms with Crippen LogP contribution in [0.25, 0.3) is 103 Å². The molecule has 0 amide bonds. The predicted octanol–water partition coefficient (Wildman–Crippen LogP) is 19.0. The summed E-state index contributed by atoms with van der Waals surface area (Å²) >= 11 is 1.87. The van der Waals surface area contributed by atoms with Gasteiger partial charge in [0.15, 0.2) is 0 Å². The summed E-state index contributed by atoms with van der Waals surface area (Å²) in [6, 6.07) is 97.4. The van der Waals surface area contributed by atoms with Gasteiger partial charge < -0.3 is 9.47 Å². The second-order valence-electron chi connectivity index (χ2n) is 17.7. The molecule has 13 rings (SSSR count). The molecule has 0 fully saturated rings. The van der Waals surface area contributed by atoms with Crippen molar-refractivity contribution in [3.05, 3.63) is 267 Å². The summed E-state index contributed by atoms with van der Waals surface area (Å²) in [5.41, 5.74) is 18.8. The van der Waals surface area contributed by atoms with E-state index < -0.39 is 0 Å². The zero-order chi connectivity index (χ0) is 45.7. The lowest BCUT2D eigenvalue weighted by molar-refractivity contribution is 1.18. The van der Waals surface area contributed by atoms with Crippen LogP contribution in [-0.2, 0) is 0 Å². The first-order valence-electron chi connectivity index (χ1n) is 23.6. The van der Waals surface area contributed by atoms with Crippen molar-refractivity contribution < 1.29 is 0 Å². The van der Waals surface area contributed by atoms with E-state index in [1.165, 1.54) is 92.0 Å². The minimum Gasteiger partial charge on any atom is -0.311 e. The number of anilines is 3. The molecule has 0 aliphatic heterocycles. The highest BCUT2D eigenvalue weighted by molar-refractivity contribution is 7.25. The largest absolute Gasteiger partial charge is 0.311 e. The molecule has 11 aromatic carbocycles. The molecule has 0 radical (unpaired) electrons. The monoisotopic (exact) mass is 896 g/mol. The molecule has 2 heterocycles. The molecule has 3 heteroatoms. The molecule has 0 saturated carbocycles. The van der Waals surface area contributed by atoms with Gasteiger partial charge in [0, 0.05) is 53.7 Å². The van der Waals surface area contributed by atoms with E-state index in [0.29, 0.717) is 0 Å². The summed E-state index contributed by atoms with van der Waals surface area (Å²) in [6.07, 6.45) is 0. The number of benzene rings is 11. The number of rotatable bonds is 9. The van der Waals surface area contributed by atoms with E-state index in [9.17, 15) is 0 Å². The summed E-state index contributed by atoms with van der Waals surface area (Å²) in [6.45, 7) is 0. The van der Waals surface area contributed by atoms with Gasteiger partial charge in [-0.05, 0) is 147 Å². The van der Waals surface area contributed by atoms with Crippen LogP contribution >= 0.6 is 11.3 Å². The zero-order valence-electron chi connectivity index (χ0n) is 37.7. The van der Waals surface area contributed by atoms with E-state index in [4.69, 9.17) is 0 Å². The van der Waals surface area contributed by atoms with E-state index in [2.05, 4.69) is 276 Å². The Morgan fingerprint density at radius 1 is 0.275 bits per heavy atom. The number of hydrogen-bond acceptors (Lipinski definition) is 2. The fraction of sp³-hybridized carbons (Fsp3) is 0. The minimum absolute atomic E-state index is 1.09. The Bertz CT molecular complexity index is 3880. The van der Waals surface area contributed by atoms with Gasteiger partial charge in [0.25, 0.3) is 0 Å². The van der Waals surface area contributed by atoms with Gasteiger partial charge in [-0.25, -0.2) is 0 Å². The molecule has 13 aromatic rings. The van der Waals surface area contributed by atoms with E-state index in [0.717, 1.165) is 28.3 Å². The van der Waals surface area contributed by atoms with Crippen molar-refractivity contribution >= 4 is 70.4 Å². The zero-order valence-corrected chi connectivity index (χ0v) is 38.5. The second-order valence-corrected chi connectivity index (χ2v) is 18.8. The van der Waals surface area contributed by atoms with Crippen molar-refractivity contribution in [2.75, 3.05) is 4.90 Å². The van der Waals surface area contributed by atoms with E-state index in [1.54, 1.807) is 0 Å². The lowest BCUT2D eigenvalue weighted by Gasteiger charge is -2.26. The van der Waals surface area contributed by atoms with Crippen molar-refractivity contribution in [2.24, 2.45) is 0 Å². The first-order valence-corrected chi connectivity index (χ1v) is 24.4. The molecule has 0 N–H and O–H groups in total. The van der Waals surface area contributed by atoms with Gasteiger partial charge in [-0.15, -0.1) is 11.3 Å². The Morgan fingerprint density at radius 3 is 1.29 bits per heavy atom. The minimum atomic E-state index is 1.09. The SMILES string of the molecule is c1ccc(-c2ccc(N(c3ccc(-c4ccccc4)cc3)c3ccc(-c4cc(-c5cccc6sc7ccccc7c56)cc(-c5cccc6c5c5ccccc5n6-c5ccccc5)c4)cc3)cc2)cc1. The van der Waals surface area contributed by atoms with Crippen LogP contribution in [0.3, 0.4) is 0 Å². The molecule has 0 aliphatic rings. The standard InChI is InChI=1S/C66H44N2S/c1-4-16-45(17-5-1)47-30-36-54(37-31-47)67(55-38-32-48(33-39-55)46-18-6-2-7-19-46)56-40-34-49(35-41-56)50-42-51(44-52(43-50)58-25-15-29-64-66(58)60-23-11-13-28-63(60)69-64)57-24-14-27-62-65(57)59-22-10-12-26-61(59)68(62)53-20-8-3-9-21-53/h1-44H. The van der Waals surface area contributed by atoms with Gasteiger partial charge in [0.1, 0.15) is 0 Å². The summed E-state index contributed by atoms with van der Waals surface area (Å²) < 4.78 is 5.01. The normalized spacial score (nSPS) is 11.5. The van der Waals surface area contributed by atoms with Gasteiger partial charge in [-0.3, -0.25) is 0 Å². The number of thiophene rings is 1. The Morgan fingerprint density at radius 2 is 0.696 bits per heavy atom. The average Bonchev–Trinajstić information content (AvgIpc) is 3.98. The highest BCUT2D eigenvalue weighted by Gasteiger charge is 2.20. The van der Waals surface area contributed by atoms with Crippen molar-refractivity contribution in [3.8, 4) is 61.3 Å². The van der Waals surface area contributed by atoms with Crippen LogP contribution in [0.4, 0.5) is 17.1 Å². The predicted molar refractivity (Wildman–Crippen MR) is 296 cm³/mol. The first kappa shape index (κ1) is 40.5. The van der Waals surface area contributed by atoms with Crippen LogP contribution in [0.1, 0.15) is 0 Å². The van der Waals surface area contributed by atoms with Gasteiger partial charge in [-0.1, -0.05) is 176 Å². The topological polar surface area (TPSA) is 8.17 Å². The average molecular weight is 897 g/mol. The summed E-state index contributed by atoms with van der Waals surface area (Å²) in [7, 11) is 0. The molecule has 0 spiro atoms. The third-order valence-corrected chi connectivity index (χ3v) is 14.7. The number of nitrogens with zero attached hydrogens (tertiary/aromatic N) is 2. The number of hydrogen-bond donors (Lipinski definition) is 0. The van der Waals surface area contributed by atoms with Crippen molar-refractivity contribution in [1.29, 1.82) is 0 Å². The molecule has 2 aromatic heterocycles. The number of para-hydroxylation sites is 2. The van der Waals surface area contributed by atoms with E-state index in [-0.39, 0.29) is 0 Å². The number of fused-ring (bicyclic) bond motifs is 6. The molecular formula is C66H44N2S. The Labute approximate surface area is 405 Å². The summed E-state index contributed by atoms with van der Waals surface area (Å²) in [4.78, 5) is 2.36. The molecule has 0 atom stereocenters. The highest BCUT2D eigenvalue weighted by atomic mass is 32.1. The van der Waals surface area contributed by atoms with Crippen LogP contribution in [-0.4, -0.2) is 4.57 Å². The quantitative estimate of drug-likeness (QED) is 0.140. The van der Waals surface area contributed by atoms with Crippen molar-refractivity contribution in [2.45, 2.75) is 0 Å².